The van der Waals surface area contributed by atoms with E-state index in [-0.39, 0.29) is 0 Å². The van der Waals surface area contributed by atoms with E-state index in [1.54, 1.807) is 6.33 Å². The van der Waals surface area contributed by atoms with Gasteiger partial charge in [-0.3, -0.25) is 0 Å². The number of hydrogen-bond acceptors (Lipinski definition) is 3. The van der Waals surface area contributed by atoms with Gasteiger partial charge in [-0.1, -0.05) is 34.1 Å². The third kappa shape index (κ3) is 3.40. The van der Waals surface area contributed by atoms with Crippen LogP contribution in [-0.4, -0.2) is 27.9 Å². The second-order valence-corrected chi connectivity index (χ2v) is 7.34. The lowest BCUT2D eigenvalue weighted by molar-refractivity contribution is 0.198. The Labute approximate surface area is 123 Å². The van der Waals surface area contributed by atoms with E-state index in [4.69, 9.17) is 0 Å². The van der Waals surface area contributed by atoms with Gasteiger partial charge < -0.3 is 5.32 Å². The van der Waals surface area contributed by atoms with Crippen molar-refractivity contribution >= 4 is 0 Å². The van der Waals surface area contributed by atoms with E-state index in [2.05, 4.69) is 54.8 Å². The summed E-state index contributed by atoms with van der Waals surface area (Å²) in [5.74, 6) is 2.46. The van der Waals surface area contributed by atoms with Crippen LogP contribution in [0.3, 0.4) is 0 Å². The van der Waals surface area contributed by atoms with E-state index in [9.17, 15) is 0 Å². The van der Waals surface area contributed by atoms with Crippen molar-refractivity contribution in [2.75, 3.05) is 7.05 Å². The second-order valence-electron chi connectivity index (χ2n) is 7.34. The van der Waals surface area contributed by atoms with Gasteiger partial charge >= 0.3 is 0 Å². The largest absolute Gasteiger partial charge is 0.316 e. The first-order valence-electron chi connectivity index (χ1n) is 7.98. The zero-order chi connectivity index (χ0) is 14.8. The van der Waals surface area contributed by atoms with Gasteiger partial charge in [0.25, 0.3) is 0 Å². The van der Waals surface area contributed by atoms with Gasteiger partial charge in [0.2, 0.25) is 0 Å². The molecule has 114 valence electrons. The van der Waals surface area contributed by atoms with Crippen molar-refractivity contribution in [3.05, 3.63) is 12.2 Å². The second kappa shape index (κ2) is 6.25. The number of nitrogens with one attached hydrogen (secondary N) is 1. The van der Waals surface area contributed by atoms with Crippen LogP contribution < -0.4 is 5.32 Å². The van der Waals surface area contributed by atoms with E-state index >= 15 is 0 Å². The summed E-state index contributed by atoms with van der Waals surface area (Å²) < 4.78 is 2.08. The van der Waals surface area contributed by atoms with Crippen LogP contribution in [-0.2, 0) is 13.0 Å². The summed E-state index contributed by atoms with van der Waals surface area (Å²) in [5, 5.41) is 7.92. The lowest BCUT2D eigenvalue weighted by atomic mass is 9.76. The van der Waals surface area contributed by atoms with E-state index < -0.39 is 0 Å². The maximum atomic E-state index is 4.49. The SMILES string of the molecule is CNC(Cc1ncnn1CC(C)C)C1CCCC1(C)C. The molecule has 4 nitrogen and oxygen atoms in total. The predicted molar refractivity (Wildman–Crippen MR) is 82.5 cm³/mol. The van der Waals surface area contributed by atoms with Crippen molar-refractivity contribution in [2.24, 2.45) is 17.3 Å². The molecule has 0 radical (unpaired) electrons. The zero-order valence-corrected chi connectivity index (χ0v) is 13.7. The molecule has 20 heavy (non-hydrogen) atoms. The van der Waals surface area contributed by atoms with Gasteiger partial charge in [-0.15, -0.1) is 0 Å². The molecule has 0 spiro atoms. The Hall–Kier alpha value is -0.900. The Morgan fingerprint density at radius 2 is 2.20 bits per heavy atom. The zero-order valence-electron chi connectivity index (χ0n) is 13.7. The van der Waals surface area contributed by atoms with E-state index in [1.807, 2.05) is 0 Å². The van der Waals surface area contributed by atoms with Crippen molar-refractivity contribution in [3.8, 4) is 0 Å². The summed E-state index contributed by atoms with van der Waals surface area (Å²) in [6.07, 6.45) is 6.71. The van der Waals surface area contributed by atoms with Crippen molar-refractivity contribution in [1.82, 2.24) is 20.1 Å². The highest BCUT2D eigenvalue weighted by molar-refractivity contribution is 4.98. The Bertz CT molecular complexity index is 422. The highest BCUT2D eigenvalue weighted by Gasteiger charge is 2.39. The number of aromatic nitrogens is 3. The van der Waals surface area contributed by atoms with Crippen LogP contribution in [0.5, 0.6) is 0 Å². The highest BCUT2D eigenvalue weighted by atomic mass is 15.3. The smallest absolute Gasteiger partial charge is 0.138 e. The fraction of sp³-hybridized carbons (Fsp3) is 0.875. The Morgan fingerprint density at radius 1 is 1.45 bits per heavy atom. The minimum atomic E-state index is 0.441. The van der Waals surface area contributed by atoms with Crippen molar-refractivity contribution < 1.29 is 0 Å². The number of likely N-dealkylation sites (N-methyl/N-ethyl adjacent to an activating group) is 1. The summed E-state index contributed by atoms with van der Waals surface area (Å²) in [5.41, 5.74) is 0.441. The fourth-order valence-electron chi connectivity index (χ4n) is 3.69. The van der Waals surface area contributed by atoms with Gasteiger partial charge in [-0.25, -0.2) is 9.67 Å². The quantitative estimate of drug-likeness (QED) is 0.870. The molecule has 0 saturated heterocycles. The molecule has 1 fully saturated rings. The first-order chi connectivity index (χ1) is 9.44. The molecule has 2 rings (SSSR count). The van der Waals surface area contributed by atoms with E-state index in [0.29, 0.717) is 17.4 Å². The molecule has 1 heterocycles. The van der Waals surface area contributed by atoms with Gasteiger partial charge in [0.15, 0.2) is 0 Å². The van der Waals surface area contributed by atoms with Crippen LogP contribution in [0.15, 0.2) is 6.33 Å². The number of hydrogen-bond donors (Lipinski definition) is 1. The van der Waals surface area contributed by atoms with E-state index in [1.165, 1.54) is 19.3 Å². The third-order valence-electron chi connectivity index (χ3n) is 4.83. The Kier molecular flexibility index (Phi) is 4.84. The lowest BCUT2D eigenvalue weighted by Gasteiger charge is -2.34. The monoisotopic (exact) mass is 278 g/mol. The Balaban J connectivity index is 2.09. The fourth-order valence-corrected chi connectivity index (χ4v) is 3.69. The van der Waals surface area contributed by atoms with E-state index in [0.717, 1.165) is 24.7 Å². The standard InChI is InChI=1S/C16H30N4/c1-12(2)10-20-15(18-11-19-20)9-14(17-5)13-7-6-8-16(13,3)4/h11-14,17H,6-10H2,1-5H3. The molecule has 1 saturated carbocycles. The van der Waals surface area contributed by atoms with Gasteiger partial charge in [-0.2, -0.15) is 5.10 Å². The molecule has 1 aliphatic rings. The number of nitrogens with zero attached hydrogens (tertiary/aromatic N) is 3. The average molecular weight is 278 g/mol. The maximum absolute atomic E-state index is 4.49. The number of rotatable bonds is 6. The van der Waals surface area contributed by atoms with Gasteiger partial charge in [0.1, 0.15) is 12.2 Å². The topological polar surface area (TPSA) is 42.7 Å². The van der Waals surface area contributed by atoms with Crippen molar-refractivity contribution in [2.45, 2.75) is 66.0 Å². The van der Waals surface area contributed by atoms with Gasteiger partial charge in [0, 0.05) is 19.0 Å². The summed E-state index contributed by atoms with van der Waals surface area (Å²) in [6.45, 7) is 10.2. The lowest BCUT2D eigenvalue weighted by Crippen LogP contribution is -2.41. The molecule has 4 heteroatoms. The summed E-state index contributed by atoms with van der Waals surface area (Å²) in [7, 11) is 2.09. The van der Waals surface area contributed by atoms with Crippen LogP contribution in [0.1, 0.15) is 52.8 Å². The summed E-state index contributed by atoms with van der Waals surface area (Å²) >= 11 is 0. The van der Waals surface area contributed by atoms with Crippen molar-refractivity contribution in [1.29, 1.82) is 0 Å². The van der Waals surface area contributed by atoms with Crippen molar-refractivity contribution in [3.63, 3.8) is 0 Å². The molecule has 2 unspecified atom stereocenters. The van der Waals surface area contributed by atoms with Crippen LogP contribution >= 0.6 is 0 Å². The van der Waals surface area contributed by atoms with Crippen LogP contribution in [0.2, 0.25) is 0 Å². The predicted octanol–water partition coefficient (Wildman–Crippen LogP) is 2.89. The molecule has 0 amide bonds. The molecule has 2 atom stereocenters. The van der Waals surface area contributed by atoms with Gasteiger partial charge in [0.05, 0.1) is 0 Å². The molecule has 0 aromatic carbocycles. The van der Waals surface area contributed by atoms with Crippen LogP contribution in [0.4, 0.5) is 0 Å². The summed E-state index contributed by atoms with van der Waals surface area (Å²) in [6, 6.07) is 0.502. The minimum Gasteiger partial charge on any atom is -0.316 e. The first kappa shape index (κ1) is 15.5. The molecular formula is C16H30N4. The first-order valence-corrected chi connectivity index (χ1v) is 7.98. The highest BCUT2D eigenvalue weighted by Crippen LogP contribution is 2.44. The molecule has 1 aliphatic carbocycles. The normalized spacial score (nSPS) is 23.4. The van der Waals surface area contributed by atoms with Crippen LogP contribution in [0.25, 0.3) is 0 Å². The van der Waals surface area contributed by atoms with Crippen LogP contribution in [0, 0.1) is 17.3 Å². The molecular weight excluding hydrogens is 248 g/mol. The molecule has 0 aliphatic heterocycles. The van der Waals surface area contributed by atoms with Gasteiger partial charge in [-0.05, 0) is 37.1 Å². The Morgan fingerprint density at radius 3 is 2.75 bits per heavy atom. The minimum absolute atomic E-state index is 0.441. The summed E-state index contributed by atoms with van der Waals surface area (Å²) in [4.78, 5) is 4.49. The molecule has 1 aromatic heterocycles. The molecule has 0 bridgehead atoms. The maximum Gasteiger partial charge on any atom is 0.138 e. The third-order valence-corrected chi connectivity index (χ3v) is 4.83. The average Bonchev–Trinajstić information content (AvgIpc) is 2.92. The molecule has 1 N–H and O–H groups in total. The molecule has 1 aromatic rings.